The Morgan fingerprint density at radius 2 is 2.00 bits per heavy atom. The van der Waals surface area contributed by atoms with E-state index in [1.54, 1.807) is 31.4 Å². The van der Waals surface area contributed by atoms with Crippen LogP contribution >= 0.6 is 0 Å². The minimum Gasteiger partial charge on any atom is -0.494 e. The average Bonchev–Trinajstić information content (AvgIpc) is 3.20. The second-order valence-electron chi connectivity index (χ2n) is 8.15. The van der Waals surface area contributed by atoms with Gasteiger partial charge in [-0.05, 0) is 48.7 Å². The third-order valence-electron chi connectivity index (χ3n) is 5.74. The molecule has 0 aliphatic carbocycles. The predicted octanol–water partition coefficient (Wildman–Crippen LogP) is 3.69. The van der Waals surface area contributed by atoms with Crippen molar-refractivity contribution in [3.8, 4) is 5.75 Å². The van der Waals surface area contributed by atoms with Crippen LogP contribution in [0.2, 0.25) is 0 Å². The number of ether oxygens (including phenoxy) is 3. The monoisotopic (exact) mass is 481 g/mol. The van der Waals surface area contributed by atoms with Gasteiger partial charge in [0, 0.05) is 55.9 Å². The quantitative estimate of drug-likeness (QED) is 0.194. The zero-order valence-corrected chi connectivity index (χ0v) is 20.0. The van der Waals surface area contributed by atoms with E-state index in [4.69, 9.17) is 29.8 Å². The summed E-state index contributed by atoms with van der Waals surface area (Å²) in [4.78, 5) is 21.2. The van der Waals surface area contributed by atoms with E-state index < -0.39 is 11.6 Å². The number of rotatable bonds is 13. The number of aliphatic hydroxyl groups is 1. The third kappa shape index (κ3) is 6.51. The molecule has 3 rings (SSSR count). The molecule has 10 nitrogen and oxygen atoms in total. The van der Waals surface area contributed by atoms with Crippen molar-refractivity contribution in [2.24, 2.45) is 10.1 Å². The summed E-state index contributed by atoms with van der Waals surface area (Å²) >= 11 is 0. The topological polar surface area (TPSA) is 138 Å². The number of nitrogens with one attached hydrogen (secondary N) is 1. The highest BCUT2D eigenvalue weighted by molar-refractivity contribution is 6.01. The van der Waals surface area contributed by atoms with Gasteiger partial charge < -0.3 is 24.6 Å². The normalized spacial score (nSPS) is 18.8. The Hall–Kier alpha value is -3.59. The summed E-state index contributed by atoms with van der Waals surface area (Å²) in [7, 11) is 1.61. The van der Waals surface area contributed by atoms with Crippen molar-refractivity contribution >= 4 is 17.5 Å². The maximum atomic E-state index is 13.5. The fourth-order valence-electron chi connectivity index (χ4n) is 3.81. The van der Waals surface area contributed by atoms with Crippen LogP contribution < -0.4 is 10.1 Å². The molecule has 35 heavy (non-hydrogen) atoms. The number of methoxy groups -OCH3 is 1. The predicted molar refractivity (Wildman–Crippen MR) is 132 cm³/mol. The van der Waals surface area contributed by atoms with Crippen molar-refractivity contribution in [1.29, 1.82) is 0 Å². The van der Waals surface area contributed by atoms with E-state index in [1.165, 1.54) is 0 Å². The molecule has 0 spiro atoms. The number of aliphatic hydroxyl groups excluding tert-OH is 1. The molecule has 0 fully saturated rings. The van der Waals surface area contributed by atoms with Crippen LogP contribution in [0.4, 0.5) is 5.69 Å². The van der Waals surface area contributed by atoms with Crippen molar-refractivity contribution in [2.45, 2.75) is 37.8 Å². The number of benzene rings is 2. The minimum absolute atomic E-state index is 0.0685. The molecular weight excluding hydrogens is 450 g/mol. The maximum Gasteiger partial charge on any atom is 0.252 e. The van der Waals surface area contributed by atoms with Crippen LogP contribution in [0.1, 0.15) is 30.9 Å². The summed E-state index contributed by atoms with van der Waals surface area (Å²) in [6, 6.07) is 14.4. The lowest BCUT2D eigenvalue weighted by atomic mass is 9.85. The molecule has 10 heteroatoms. The van der Waals surface area contributed by atoms with Gasteiger partial charge in [-0.25, -0.2) is 4.99 Å². The van der Waals surface area contributed by atoms with Gasteiger partial charge in [0.05, 0.1) is 6.61 Å². The Kier molecular flexibility index (Phi) is 9.48. The molecule has 2 atom stereocenters. The lowest BCUT2D eigenvalue weighted by molar-refractivity contribution is -0.128. The zero-order chi connectivity index (χ0) is 25.1. The van der Waals surface area contributed by atoms with Crippen LogP contribution in [0.15, 0.2) is 58.6 Å². The van der Waals surface area contributed by atoms with Crippen LogP contribution in [0, 0.1) is 0 Å². The van der Waals surface area contributed by atoms with E-state index in [0.717, 1.165) is 0 Å². The van der Waals surface area contributed by atoms with Crippen molar-refractivity contribution < 1.29 is 24.1 Å². The molecule has 0 aromatic heterocycles. The number of amides is 1. The molecular formula is C25H31N5O5. The lowest BCUT2D eigenvalue weighted by Crippen LogP contribution is -2.52. The molecule has 2 aromatic carbocycles. The van der Waals surface area contributed by atoms with Crippen molar-refractivity contribution in [3.63, 3.8) is 0 Å². The summed E-state index contributed by atoms with van der Waals surface area (Å²) in [6.07, 6.45) is 0.844. The second kappa shape index (κ2) is 12.8. The molecule has 0 unspecified atom stereocenters. The van der Waals surface area contributed by atoms with Gasteiger partial charge in [0.1, 0.15) is 11.9 Å². The molecule has 2 aromatic rings. The summed E-state index contributed by atoms with van der Waals surface area (Å²) in [5.74, 6) is 0.753. The standard InChI is InChI=1S/C25H31N5O5/c1-18-25(24(32)27-13-5-15-33-2,17-20-7-3-4-8-22(20)29-30-26)28-23(35-18)19-9-11-21(12-10-19)34-16-6-14-31/h3-4,7-12,18,31H,5-6,13-17H2,1-2H3,(H,27,32)/t18-,25-/m1/s1. The average molecular weight is 482 g/mol. The molecule has 1 amide bonds. The van der Waals surface area contributed by atoms with Gasteiger partial charge in [-0.1, -0.05) is 29.4 Å². The molecule has 2 N–H and O–H groups in total. The van der Waals surface area contributed by atoms with Crippen molar-refractivity contribution in [3.05, 3.63) is 70.1 Å². The SMILES string of the molecule is COCCCNC(=O)[C@]1(Cc2ccccc2N=[N+]=[N-])N=C(c2ccc(OCCCO)cc2)O[C@@H]1C. The number of nitrogens with zero attached hydrogens (tertiary/aromatic N) is 4. The first-order chi connectivity index (χ1) is 17.0. The van der Waals surface area contributed by atoms with Gasteiger partial charge in [-0.3, -0.25) is 4.79 Å². The zero-order valence-electron chi connectivity index (χ0n) is 20.0. The lowest BCUT2D eigenvalue weighted by Gasteiger charge is -2.28. The molecule has 0 bridgehead atoms. The van der Waals surface area contributed by atoms with Gasteiger partial charge in [-0.2, -0.15) is 0 Å². The highest BCUT2D eigenvalue weighted by Gasteiger charge is 2.50. The largest absolute Gasteiger partial charge is 0.494 e. The summed E-state index contributed by atoms with van der Waals surface area (Å²) in [6.45, 7) is 3.26. The summed E-state index contributed by atoms with van der Waals surface area (Å²) in [5, 5.41) is 15.7. The number of carbonyl (C=O) groups is 1. The van der Waals surface area contributed by atoms with Gasteiger partial charge in [0.2, 0.25) is 5.90 Å². The maximum absolute atomic E-state index is 13.5. The van der Waals surface area contributed by atoms with Crippen LogP contribution in [0.5, 0.6) is 5.75 Å². The van der Waals surface area contributed by atoms with Gasteiger partial charge >= 0.3 is 0 Å². The minimum atomic E-state index is -1.25. The van der Waals surface area contributed by atoms with E-state index in [2.05, 4.69) is 15.3 Å². The third-order valence-corrected chi connectivity index (χ3v) is 5.74. The first-order valence-electron chi connectivity index (χ1n) is 11.5. The molecule has 0 saturated heterocycles. The highest BCUT2D eigenvalue weighted by atomic mass is 16.5. The van der Waals surface area contributed by atoms with E-state index in [9.17, 15) is 4.79 Å². The first kappa shape index (κ1) is 26.0. The Labute approximate surface area is 204 Å². The molecule has 0 saturated carbocycles. The summed E-state index contributed by atoms with van der Waals surface area (Å²) < 4.78 is 16.8. The van der Waals surface area contributed by atoms with Crippen molar-refractivity contribution in [1.82, 2.24) is 5.32 Å². The molecule has 1 aliphatic rings. The molecule has 186 valence electrons. The van der Waals surface area contributed by atoms with Gasteiger partial charge in [0.15, 0.2) is 5.54 Å². The van der Waals surface area contributed by atoms with Gasteiger partial charge in [-0.15, -0.1) is 0 Å². The molecule has 0 radical (unpaired) electrons. The number of aliphatic imine (C=N–C) groups is 1. The Morgan fingerprint density at radius 3 is 2.71 bits per heavy atom. The molecule has 1 aliphatic heterocycles. The number of hydrogen-bond donors (Lipinski definition) is 2. The van der Waals surface area contributed by atoms with E-state index in [0.29, 0.717) is 61.1 Å². The first-order valence-corrected chi connectivity index (χ1v) is 11.5. The van der Waals surface area contributed by atoms with Crippen LogP contribution in [-0.4, -0.2) is 62.0 Å². The second-order valence-corrected chi connectivity index (χ2v) is 8.15. The van der Waals surface area contributed by atoms with E-state index in [1.807, 2.05) is 31.2 Å². The Morgan fingerprint density at radius 1 is 1.23 bits per heavy atom. The van der Waals surface area contributed by atoms with Crippen molar-refractivity contribution in [2.75, 3.05) is 33.5 Å². The Balaban J connectivity index is 1.91. The fourth-order valence-corrected chi connectivity index (χ4v) is 3.81. The molecule has 1 heterocycles. The number of hydrogen-bond acceptors (Lipinski definition) is 7. The fraction of sp³-hybridized carbons (Fsp3) is 0.440. The Bertz CT molecular complexity index is 1070. The van der Waals surface area contributed by atoms with Crippen LogP contribution in [0.25, 0.3) is 10.4 Å². The summed E-state index contributed by atoms with van der Waals surface area (Å²) in [5.41, 5.74) is 9.58. The smallest absolute Gasteiger partial charge is 0.252 e. The van der Waals surface area contributed by atoms with Crippen LogP contribution in [-0.2, 0) is 20.7 Å². The number of azide groups is 1. The highest BCUT2D eigenvalue weighted by Crippen LogP contribution is 2.35. The van der Waals surface area contributed by atoms with Gasteiger partial charge in [0.25, 0.3) is 5.91 Å². The van der Waals surface area contributed by atoms with E-state index in [-0.39, 0.29) is 18.9 Å². The number of carbonyl (C=O) groups excluding carboxylic acids is 1. The van der Waals surface area contributed by atoms with E-state index >= 15 is 0 Å². The van der Waals surface area contributed by atoms with Crippen LogP contribution in [0.3, 0.4) is 0 Å².